The number of pyridine rings is 3. The molecule has 38 nitrogen and oxygen atoms in total. The lowest BCUT2D eigenvalue weighted by atomic mass is 9.66. The maximum Gasteiger partial charge on any atom is 0.343 e. The number of sulfonamides is 1. The smallest absolute Gasteiger partial charge is 0.343 e. The van der Waals surface area contributed by atoms with Crippen molar-refractivity contribution >= 4 is 89.0 Å². The lowest BCUT2D eigenvalue weighted by Gasteiger charge is -2.48. The highest BCUT2D eigenvalue weighted by atomic mass is 32.2. The van der Waals surface area contributed by atoms with Gasteiger partial charge in [-0.25, -0.2) is 23.2 Å². The van der Waals surface area contributed by atoms with Crippen LogP contribution in [0.3, 0.4) is 0 Å². The van der Waals surface area contributed by atoms with Crippen molar-refractivity contribution in [3.8, 4) is 74.6 Å². The Morgan fingerprint density at radius 1 is 0.535 bits per heavy atom. The minimum absolute atomic E-state index is 0.0242. The zero-order chi connectivity index (χ0) is 98.7. The number of thiophene rings is 1. The normalized spacial score (nSPS) is 27.9. The summed E-state index contributed by atoms with van der Waals surface area (Å²) < 4.78 is 142. The molecule has 0 saturated carbocycles. The predicted octanol–water partition coefficient (Wildman–Crippen LogP) is 10.7. The Morgan fingerprint density at radius 2 is 1.04 bits per heavy atom. The minimum Gasteiger partial charge on any atom is -0.502 e. The minimum atomic E-state index is -3.37. The molecule has 12 aromatic rings. The number of aromatic hydroxyl groups is 2. The molecule has 2 aliphatic carbocycles. The number of rotatable bonds is 17. The van der Waals surface area contributed by atoms with Crippen LogP contribution in [0.25, 0.3) is 44.1 Å². The number of phenolic OH excluding ortho intramolecular Hbond substituents is 2. The standard InChI is InChI=1S/C32H32O13S.C29H32O13.C21H19N3O3S.C20H16N2O4/c1-37-19-6-13(7-20(38-2)25(19)33)23-14-8-17-18(42-12-41-17)9-15(14)28(16-10-39-30(36)24(16)23)44-32-27(35)26(34)29-21(43-32)11-40-31(45-29)22-4-3-5-46-22;1-11-36-9-20-27(40-11)24(31)25(32)29(41-20)42-26-14-7-17-16(38-10-39-17)6-13(14)21(22-15(26)8-37-28(22)33)12-4-18(34-2)23(30)19(5-12)35-3;1-27-20-13-14(24-28(2,25)26)11-12-19(20)23-21-15-7-3-5-9-17(15)22-18-10-6-4-8-16(18)21;1-2-20(25)14-8-16-17-12(7-11-5-3-4-6-15(11)21-17)9-22(16)18(23)13(14)10-26-19(20)24/h3-9,16,21,23-24,26-29,31-35H,10-12H2,1-2H3;4-7,11,15,20-22,24-27,29-32H,8-10H2,1-3H3;3-13,24H,1-2H3,(H,22,23);3-8,25H,2,9-10H2,1H3/t16?,21-,23-,24+,26-,27-,28?,29-,31?,32+;11-,15?,20-,21-,22+,24-,25-,26?,27-,29+;;20-/m11.0/s1. The van der Waals surface area contributed by atoms with Gasteiger partial charge in [0.2, 0.25) is 35.1 Å². The molecule has 0 bridgehead atoms. The van der Waals surface area contributed by atoms with Crippen LogP contribution in [0.2, 0.25) is 0 Å². The number of benzene rings is 8. The molecule has 10 aliphatic heterocycles. The van der Waals surface area contributed by atoms with Gasteiger partial charge in [-0.15, -0.1) is 11.3 Å². The third-order valence-corrected chi connectivity index (χ3v) is 29.4. The van der Waals surface area contributed by atoms with Gasteiger partial charge in [-0.05, 0) is 149 Å². The van der Waals surface area contributed by atoms with Crippen molar-refractivity contribution in [2.45, 2.75) is 137 Å². The number of aliphatic hydroxyl groups excluding tert-OH is 4. The summed E-state index contributed by atoms with van der Waals surface area (Å²) >= 11 is 1.46. The van der Waals surface area contributed by atoms with Gasteiger partial charge in [-0.1, -0.05) is 67.6 Å². The molecule has 0 spiro atoms. The molecule has 24 rings (SSSR count). The summed E-state index contributed by atoms with van der Waals surface area (Å²) in [5.74, 6) is -2.29. The van der Waals surface area contributed by atoms with E-state index in [9.17, 15) is 63.3 Å². The predicted molar refractivity (Wildman–Crippen MR) is 503 cm³/mol. The first-order valence-electron chi connectivity index (χ1n) is 45.9. The third-order valence-electron chi connectivity index (χ3n) is 27.9. The first-order valence-corrected chi connectivity index (χ1v) is 48.7. The molecule has 12 aliphatic rings. The number of aliphatic hydroxyl groups is 5. The lowest BCUT2D eigenvalue weighted by molar-refractivity contribution is -0.368. The second kappa shape index (κ2) is 38.2. The van der Waals surface area contributed by atoms with Crippen molar-refractivity contribution in [1.29, 1.82) is 0 Å². The molecule has 4 aromatic heterocycles. The van der Waals surface area contributed by atoms with Crippen LogP contribution in [0, 0.1) is 23.7 Å². The molecule has 9 N–H and O–H groups in total. The molecular formula is C102H99N5O33S2. The van der Waals surface area contributed by atoms with Crippen LogP contribution >= 0.6 is 11.3 Å². The van der Waals surface area contributed by atoms with E-state index >= 15 is 0 Å². The zero-order valence-corrected chi connectivity index (χ0v) is 79.1. The van der Waals surface area contributed by atoms with Crippen LogP contribution in [0.1, 0.15) is 106 Å². The van der Waals surface area contributed by atoms with Gasteiger partial charge in [0.1, 0.15) is 61.2 Å². The number of phenols is 2. The number of methoxy groups -OCH3 is 5. The Hall–Kier alpha value is -13.3. The quantitative estimate of drug-likeness (QED) is 0.0232. The summed E-state index contributed by atoms with van der Waals surface area (Å²) in [7, 11) is 3.91. The van der Waals surface area contributed by atoms with Crippen LogP contribution in [0.5, 0.6) is 63.2 Å². The van der Waals surface area contributed by atoms with Crippen molar-refractivity contribution in [3.63, 3.8) is 0 Å². The van der Waals surface area contributed by atoms with Gasteiger partial charge in [0.15, 0.2) is 76.8 Å². The second-order valence-electron chi connectivity index (χ2n) is 36.0. The van der Waals surface area contributed by atoms with E-state index < -0.39 is 155 Å². The molecule has 742 valence electrons. The van der Waals surface area contributed by atoms with Crippen molar-refractivity contribution in [3.05, 3.63) is 234 Å². The summed E-state index contributed by atoms with van der Waals surface area (Å²) in [6.45, 7) is 4.11. The van der Waals surface area contributed by atoms with E-state index in [-0.39, 0.29) is 93.1 Å². The number of cyclic esters (lactones) is 3. The van der Waals surface area contributed by atoms with Gasteiger partial charge in [0.25, 0.3) is 5.56 Å². The fourth-order valence-corrected chi connectivity index (χ4v) is 22.3. The van der Waals surface area contributed by atoms with E-state index in [1.807, 2.05) is 102 Å². The van der Waals surface area contributed by atoms with Crippen molar-refractivity contribution in [2.24, 2.45) is 23.7 Å². The summed E-state index contributed by atoms with van der Waals surface area (Å²) in [5.41, 5.74) is 9.69. The topological polar surface area (TPSA) is 483 Å². The number of fused-ring (bicyclic) bond motifs is 15. The average Bonchev–Trinajstić information content (AvgIpc) is 1.58. The monoisotopic (exact) mass is 1990 g/mol. The van der Waals surface area contributed by atoms with Gasteiger partial charge >= 0.3 is 17.9 Å². The van der Waals surface area contributed by atoms with Crippen LogP contribution in [0.15, 0.2) is 174 Å². The van der Waals surface area contributed by atoms with E-state index in [0.717, 1.165) is 66.5 Å². The molecule has 14 heterocycles. The number of para-hydroxylation sites is 3. The summed E-state index contributed by atoms with van der Waals surface area (Å²) in [6, 6.07) is 50.1. The van der Waals surface area contributed by atoms with Gasteiger partial charge in [-0.3, -0.25) is 19.1 Å². The number of aromatic nitrogens is 3. The molecule has 0 radical (unpaired) electrons. The maximum atomic E-state index is 13.5. The van der Waals surface area contributed by atoms with Crippen LogP contribution < -0.4 is 58.2 Å². The number of anilines is 3. The lowest BCUT2D eigenvalue weighted by Crippen LogP contribution is -2.63. The molecular weight excluding hydrogens is 1890 g/mol. The Bertz CT molecular complexity index is 7030. The van der Waals surface area contributed by atoms with E-state index in [1.54, 1.807) is 92.3 Å². The number of nitrogens with zero attached hydrogens (tertiary/aromatic N) is 3. The van der Waals surface area contributed by atoms with Gasteiger partial charge in [0, 0.05) is 57.0 Å². The molecule has 8 aromatic carbocycles. The fourth-order valence-electron chi connectivity index (χ4n) is 21.0. The van der Waals surface area contributed by atoms with Crippen LogP contribution in [-0.2, 0) is 95.3 Å². The fraction of sp³-hybridized carbons (Fsp3) is 0.373. The van der Waals surface area contributed by atoms with Crippen LogP contribution in [0.4, 0.5) is 17.1 Å². The Kier molecular flexibility index (Phi) is 25.5. The Labute approximate surface area is 814 Å². The first-order chi connectivity index (χ1) is 68.6. The Morgan fingerprint density at radius 3 is 1.56 bits per heavy atom. The summed E-state index contributed by atoms with van der Waals surface area (Å²) in [4.78, 5) is 62.3. The third kappa shape index (κ3) is 17.1. The number of carbonyl (C=O) groups is 3. The number of hydrogen-bond acceptors (Lipinski definition) is 37. The second-order valence-corrected chi connectivity index (χ2v) is 38.7. The molecule has 6 saturated heterocycles. The number of nitrogens with one attached hydrogen (secondary N) is 2. The van der Waals surface area contributed by atoms with E-state index in [2.05, 4.69) is 10.0 Å². The molecule has 0 amide bonds. The van der Waals surface area contributed by atoms with Crippen molar-refractivity contribution < 1.29 is 153 Å². The van der Waals surface area contributed by atoms with Gasteiger partial charge in [0.05, 0.1) is 154 Å². The SMILES string of the molecule is CC[C@@]1(O)C(=O)OCc2c1cc1n(c2=O)Cc2cc3ccccc3nc2-1.COc1cc(NS(C)(=O)=O)ccc1Nc1c2ccccc2nc2ccccc12.COc1cc([C@@H]2c3cc4c(cc3C(O[C@@H]3O[C@@H]5COC(c6cccs6)O[C@H]5[C@H](O)[C@H]3O)C3COC(=O)[C@@H]32)OCO4)cc(OC)c1O.COc1cc([C@@H]2c3cc4c(cc3C(O[C@@H]3O[C@@H]5CO[C@@H](C)O[C@H]5[C@H](O)[C@H]3O)C3COC(=O)[C@@H]32)OCO4)cc(OC)c1O. The molecule has 40 heteroatoms. The van der Waals surface area contributed by atoms with Gasteiger partial charge in [-0.2, -0.15) is 0 Å². The summed E-state index contributed by atoms with van der Waals surface area (Å²) in [6.07, 6.45) is -12.7. The van der Waals surface area contributed by atoms with E-state index in [0.29, 0.717) is 91.2 Å². The highest BCUT2D eigenvalue weighted by Gasteiger charge is 2.60. The largest absolute Gasteiger partial charge is 0.502 e. The molecule has 6 fully saturated rings. The van der Waals surface area contributed by atoms with Crippen molar-refractivity contribution in [2.75, 3.05) is 91.9 Å². The number of carbonyl (C=O) groups excluding carboxylic acids is 3. The number of ether oxygens (including phenoxy) is 20. The zero-order valence-electron chi connectivity index (χ0n) is 77.5. The number of hydrogen-bond donors (Lipinski definition) is 9. The van der Waals surface area contributed by atoms with Gasteiger partial charge < -0.3 is 140 Å². The van der Waals surface area contributed by atoms with Crippen LogP contribution in [-0.4, -0.2) is 226 Å². The average molecular weight is 1990 g/mol. The van der Waals surface area contributed by atoms with E-state index in [1.165, 1.54) is 39.8 Å². The molecule has 142 heavy (non-hydrogen) atoms. The maximum absolute atomic E-state index is 13.5. The summed E-state index contributed by atoms with van der Waals surface area (Å²) in [5, 5.41) is 84.8. The molecule has 21 atom stereocenters. The molecule has 5 unspecified atom stereocenters. The first kappa shape index (κ1) is 94.9. The van der Waals surface area contributed by atoms with Crippen molar-refractivity contribution in [1.82, 2.24) is 14.5 Å². The highest BCUT2D eigenvalue weighted by molar-refractivity contribution is 7.92. The number of esters is 3. The van der Waals surface area contributed by atoms with E-state index in [4.69, 9.17) is 105 Å². The Balaban J connectivity index is 0.000000115. The highest BCUT2D eigenvalue weighted by Crippen LogP contribution is 2.61.